The summed E-state index contributed by atoms with van der Waals surface area (Å²) < 4.78 is 0. The van der Waals surface area contributed by atoms with Gasteiger partial charge in [-0.05, 0) is 76.7 Å². The molecule has 0 fully saturated rings. The van der Waals surface area contributed by atoms with Crippen LogP contribution in [0, 0.1) is 6.92 Å². The smallest absolute Gasteiger partial charge is 0.256 e. The van der Waals surface area contributed by atoms with Gasteiger partial charge in [-0.3, -0.25) is 9.59 Å². The van der Waals surface area contributed by atoms with Crippen molar-refractivity contribution in [1.82, 2.24) is 0 Å². The quantitative estimate of drug-likeness (QED) is 0.364. The van der Waals surface area contributed by atoms with Gasteiger partial charge in [0.25, 0.3) is 11.8 Å². The van der Waals surface area contributed by atoms with Crippen LogP contribution in [0.25, 0.3) is 10.8 Å². The molecule has 2 amide bonds. The van der Waals surface area contributed by atoms with Crippen molar-refractivity contribution in [3.8, 4) is 0 Å². The second kappa shape index (κ2) is 8.91. The molecule has 4 rings (SSSR count). The zero-order chi connectivity index (χ0) is 23.6. The van der Waals surface area contributed by atoms with E-state index in [4.69, 9.17) is 0 Å². The number of aryl methyl sites for hydroxylation is 1. The van der Waals surface area contributed by atoms with Gasteiger partial charge in [-0.25, -0.2) is 0 Å². The fraction of sp³-hybridized carbons (Fsp3) is 0.172. The van der Waals surface area contributed by atoms with Crippen molar-refractivity contribution >= 4 is 34.0 Å². The Labute approximate surface area is 194 Å². The number of carbonyl (C=O) groups excluding carboxylic acids is 2. The Morgan fingerprint density at radius 3 is 1.76 bits per heavy atom. The van der Waals surface area contributed by atoms with Gasteiger partial charge >= 0.3 is 0 Å². The topological polar surface area (TPSA) is 58.2 Å². The van der Waals surface area contributed by atoms with Gasteiger partial charge in [-0.1, -0.05) is 63.2 Å². The van der Waals surface area contributed by atoms with Gasteiger partial charge in [0.2, 0.25) is 0 Å². The van der Waals surface area contributed by atoms with Crippen LogP contribution in [-0.4, -0.2) is 11.8 Å². The molecule has 0 atom stereocenters. The Bertz CT molecular complexity index is 1310. The van der Waals surface area contributed by atoms with E-state index >= 15 is 0 Å². The van der Waals surface area contributed by atoms with E-state index in [-0.39, 0.29) is 17.2 Å². The Morgan fingerprint density at radius 2 is 1.18 bits per heavy atom. The van der Waals surface area contributed by atoms with Crippen molar-refractivity contribution in [1.29, 1.82) is 0 Å². The first-order valence-corrected chi connectivity index (χ1v) is 11.0. The second-order valence-electron chi connectivity index (χ2n) is 9.29. The first kappa shape index (κ1) is 22.3. The minimum absolute atomic E-state index is 0.0418. The summed E-state index contributed by atoms with van der Waals surface area (Å²) in [7, 11) is 0. The van der Waals surface area contributed by atoms with E-state index in [1.54, 1.807) is 24.3 Å². The van der Waals surface area contributed by atoms with Gasteiger partial charge in [0.05, 0.1) is 0 Å². The number of rotatable bonds is 4. The van der Waals surface area contributed by atoms with E-state index < -0.39 is 0 Å². The summed E-state index contributed by atoms with van der Waals surface area (Å²) in [5.41, 5.74) is 4.92. The predicted molar refractivity (Wildman–Crippen MR) is 136 cm³/mol. The predicted octanol–water partition coefficient (Wildman–Crippen LogP) is 6.95. The molecule has 0 aliphatic heterocycles. The van der Waals surface area contributed by atoms with Crippen LogP contribution in [0.4, 0.5) is 11.4 Å². The molecule has 4 aromatic carbocycles. The van der Waals surface area contributed by atoms with Gasteiger partial charge in [0, 0.05) is 22.5 Å². The number of fused-ring (bicyclic) bond motifs is 1. The molecule has 0 spiro atoms. The Morgan fingerprint density at radius 1 is 0.636 bits per heavy atom. The van der Waals surface area contributed by atoms with Gasteiger partial charge in [-0.2, -0.15) is 0 Å². The molecule has 0 bridgehead atoms. The lowest BCUT2D eigenvalue weighted by Crippen LogP contribution is -2.15. The molecule has 0 heterocycles. The summed E-state index contributed by atoms with van der Waals surface area (Å²) in [6.45, 7) is 8.47. The number of hydrogen-bond acceptors (Lipinski definition) is 2. The normalized spacial score (nSPS) is 11.3. The fourth-order valence-corrected chi connectivity index (χ4v) is 3.81. The highest BCUT2D eigenvalue weighted by molar-refractivity contribution is 6.13. The molecule has 0 radical (unpaired) electrons. The summed E-state index contributed by atoms with van der Waals surface area (Å²) >= 11 is 0. The molecular weight excluding hydrogens is 408 g/mol. The Hall–Kier alpha value is -3.92. The minimum Gasteiger partial charge on any atom is -0.322 e. The van der Waals surface area contributed by atoms with Crippen molar-refractivity contribution in [2.45, 2.75) is 33.1 Å². The van der Waals surface area contributed by atoms with E-state index in [9.17, 15) is 9.59 Å². The van der Waals surface area contributed by atoms with Gasteiger partial charge in [0.15, 0.2) is 0 Å². The van der Waals surface area contributed by atoms with E-state index in [0.717, 1.165) is 16.3 Å². The maximum atomic E-state index is 12.9. The second-order valence-corrected chi connectivity index (χ2v) is 9.29. The fourth-order valence-electron chi connectivity index (χ4n) is 3.81. The number of hydrogen-bond donors (Lipinski definition) is 2. The molecule has 2 N–H and O–H groups in total. The summed E-state index contributed by atoms with van der Waals surface area (Å²) in [5, 5.41) is 7.85. The summed E-state index contributed by atoms with van der Waals surface area (Å²) in [5.74, 6) is -0.333. The zero-order valence-electron chi connectivity index (χ0n) is 19.4. The van der Waals surface area contributed by atoms with Crippen LogP contribution in [0.15, 0.2) is 84.9 Å². The third kappa shape index (κ3) is 4.96. The number of amides is 2. The molecule has 33 heavy (non-hydrogen) atoms. The number of carbonyl (C=O) groups is 2. The number of anilines is 2. The third-order valence-electron chi connectivity index (χ3n) is 5.80. The highest BCUT2D eigenvalue weighted by Gasteiger charge is 2.15. The van der Waals surface area contributed by atoms with Gasteiger partial charge in [0.1, 0.15) is 0 Å². The molecule has 166 valence electrons. The van der Waals surface area contributed by atoms with Crippen LogP contribution in [0.5, 0.6) is 0 Å². The monoisotopic (exact) mass is 436 g/mol. The lowest BCUT2D eigenvalue weighted by Gasteiger charge is -2.19. The first-order chi connectivity index (χ1) is 15.7. The van der Waals surface area contributed by atoms with Crippen molar-refractivity contribution < 1.29 is 9.59 Å². The van der Waals surface area contributed by atoms with Crippen LogP contribution < -0.4 is 10.6 Å². The number of benzene rings is 4. The standard InChI is InChI=1S/C29H28N2O2/c1-19-9-18-26(25-8-6-5-7-24(19)25)28(33)31-23-16-14-22(15-17-23)30-27(32)20-10-12-21(13-11-20)29(2,3)4/h5-18H,1-4H3,(H,30,32)(H,31,33). The van der Waals surface area contributed by atoms with E-state index in [2.05, 4.69) is 31.4 Å². The number of nitrogens with one attached hydrogen (secondary N) is 2. The zero-order valence-corrected chi connectivity index (χ0v) is 19.4. The molecule has 0 saturated carbocycles. The molecular formula is C29H28N2O2. The molecule has 0 aliphatic carbocycles. The SMILES string of the molecule is Cc1ccc(C(=O)Nc2ccc(NC(=O)c3ccc(C(C)(C)C)cc3)cc2)c2ccccc12. The molecule has 4 heteroatoms. The Kier molecular flexibility index (Phi) is 6.01. The van der Waals surface area contributed by atoms with Crippen LogP contribution in [0.2, 0.25) is 0 Å². The average molecular weight is 437 g/mol. The van der Waals surface area contributed by atoms with Crippen molar-refractivity contribution in [2.24, 2.45) is 0 Å². The van der Waals surface area contributed by atoms with Crippen LogP contribution in [0.1, 0.15) is 52.6 Å². The third-order valence-corrected chi connectivity index (χ3v) is 5.80. The van der Waals surface area contributed by atoms with E-state index in [1.165, 1.54) is 5.56 Å². The maximum Gasteiger partial charge on any atom is 0.256 e. The first-order valence-electron chi connectivity index (χ1n) is 11.0. The summed E-state index contributed by atoms with van der Waals surface area (Å²) in [6.07, 6.45) is 0. The highest BCUT2D eigenvalue weighted by atomic mass is 16.2. The average Bonchev–Trinajstić information content (AvgIpc) is 2.80. The lowest BCUT2D eigenvalue weighted by molar-refractivity contribution is 0.101. The van der Waals surface area contributed by atoms with Crippen LogP contribution in [0.3, 0.4) is 0 Å². The lowest BCUT2D eigenvalue weighted by atomic mass is 9.87. The maximum absolute atomic E-state index is 12.9. The van der Waals surface area contributed by atoms with Crippen molar-refractivity contribution in [3.63, 3.8) is 0 Å². The molecule has 0 aromatic heterocycles. The van der Waals surface area contributed by atoms with Gasteiger partial charge in [-0.15, -0.1) is 0 Å². The van der Waals surface area contributed by atoms with E-state index in [0.29, 0.717) is 22.5 Å². The largest absolute Gasteiger partial charge is 0.322 e. The van der Waals surface area contributed by atoms with Crippen LogP contribution in [-0.2, 0) is 5.41 Å². The van der Waals surface area contributed by atoms with E-state index in [1.807, 2.05) is 67.6 Å². The minimum atomic E-state index is -0.168. The molecule has 4 nitrogen and oxygen atoms in total. The molecule has 0 unspecified atom stereocenters. The molecule has 0 saturated heterocycles. The highest BCUT2D eigenvalue weighted by Crippen LogP contribution is 2.25. The van der Waals surface area contributed by atoms with Crippen molar-refractivity contribution in [2.75, 3.05) is 10.6 Å². The van der Waals surface area contributed by atoms with Crippen molar-refractivity contribution in [3.05, 3.63) is 107 Å². The van der Waals surface area contributed by atoms with Gasteiger partial charge < -0.3 is 10.6 Å². The molecule has 4 aromatic rings. The molecule has 0 aliphatic rings. The Balaban J connectivity index is 1.44. The van der Waals surface area contributed by atoms with Crippen LogP contribution >= 0.6 is 0 Å². The summed E-state index contributed by atoms with van der Waals surface area (Å²) in [6, 6.07) is 26.5. The summed E-state index contributed by atoms with van der Waals surface area (Å²) in [4.78, 5) is 25.5.